The van der Waals surface area contributed by atoms with Crippen molar-refractivity contribution < 1.29 is 9.79 Å². The summed E-state index contributed by atoms with van der Waals surface area (Å²) in [5.74, 6) is 0. The van der Waals surface area contributed by atoms with Crippen LogP contribution in [0, 0.1) is 11.3 Å². The average Bonchev–Trinajstić information content (AvgIpc) is 2.54. The van der Waals surface area contributed by atoms with Crippen LogP contribution in [0.1, 0.15) is 25.4 Å². The van der Waals surface area contributed by atoms with Gasteiger partial charge in [-0.05, 0) is 30.7 Å². The lowest BCUT2D eigenvalue weighted by atomic mass is 10.1. The number of hydrogen-bond acceptors (Lipinski definition) is 4. The molecule has 1 heterocycles. The summed E-state index contributed by atoms with van der Waals surface area (Å²) in [5, 5.41) is 9.38. The Morgan fingerprint density at radius 3 is 2.59 bits per heavy atom. The highest BCUT2D eigenvalue weighted by molar-refractivity contribution is 7.89. The van der Waals surface area contributed by atoms with Gasteiger partial charge in [0.15, 0.2) is 0 Å². The smallest absolute Gasteiger partial charge is 0.244 e. The Hall–Kier alpha value is -1.94. The first-order valence-electron chi connectivity index (χ1n) is 6.80. The average molecular weight is 337 g/mol. The van der Waals surface area contributed by atoms with Crippen LogP contribution in [0.25, 0.3) is 0 Å². The van der Waals surface area contributed by atoms with Gasteiger partial charge >= 0.3 is 0 Å². The molecular formula is C15H14ClN3O2S. The normalized spacial score (nSPS) is 15.0. The van der Waals surface area contributed by atoms with Gasteiger partial charge in [-0.2, -0.15) is 9.57 Å². The highest BCUT2D eigenvalue weighted by Gasteiger charge is 2.26. The SMILES string of the molecule is [2H][C@@](C)(c1ccc(Cl)cc1)N(C)S(=O)(=O)c1cncc(C#N)c1. The van der Waals surface area contributed by atoms with Crippen molar-refractivity contribution in [3.8, 4) is 6.07 Å². The van der Waals surface area contributed by atoms with Gasteiger partial charge in [-0.15, -0.1) is 0 Å². The van der Waals surface area contributed by atoms with Crippen LogP contribution in [-0.4, -0.2) is 24.8 Å². The third-order valence-corrected chi connectivity index (χ3v) is 5.30. The second kappa shape index (κ2) is 6.44. The summed E-state index contributed by atoms with van der Waals surface area (Å²) in [7, 11) is -2.67. The minimum absolute atomic E-state index is 0.133. The van der Waals surface area contributed by atoms with Gasteiger partial charge in [0.05, 0.1) is 6.93 Å². The maximum atomic E-state index is 12.7. The van der Waals surface area contributed by atoms with E-state index in [2.05, 4.69) is 4.98 Å². The number of hydrogen-bond donors (Lipinski definition) is 0. The number of pyridine rings is 1. The molecule has 0 aliphatic carbocycles. The third-order valence-electron chi connectivity index (χ3n) is 3.23. The molecule has 2 aromatic rings. The summed E-state index contributed by atoms with van der Waals surface area (Å²) >= 11 is 5.83. The van der Waals surface area contributed by atoms with E-state index in [1.54, 1.807) is 24.3 Å². The topological polar surface area (TPSA) is 74.1 Å². The van der Waals surface area contributed by atoms with E-state index in [0.717, 1.165) is 10.5 Å². The Labute approximate surface area is 136 Å². The predicted molar refractivity (Wildman–Crippen MR) is 83.8 cm³/mol. The van der Waals surface area contributed by atoms with Crippen LogP contribution < -0.4 is 0 Å². The number of halogens is 1. The molecule has 0 spiro atoms. The number of rotatable bonds is 4. The van der Waals surface area contributed by atoms with Gasteiger partial charge in [0.1, 0.15) is 11.0 Å². The molecule has 0 saturated carbocycles. The molecule has 1 aromatic heterocycles. The molecule has 1 aromatic carbocycles. The zero-order chi connectivity index (χ0) is 17.3. The first-order valence-corrected chi connectivity index (χ1v) is 8.11. The Kier molecular flexibility index (Phi) is 4.39. The molecule has 2 rings (SSSR count). The molecular weight excluding hydrogens is 322 g/mol. The second-order valence-corrected chi connectivity index (χ2v) is 6.99. The summed E-state index contributed by atoms with van der Waals surface area (Å²) in [6.07, 6.45) is 2.43. The molecule has 7 heteroatoms. The van der Waals surface area contributed by atoms with Gasteiger partial charge in [-0.3, -0.25) is 4.98 Å². The molecule has 114 valence electrons. The molecule has 0 radical (unpaired) electrons. The molecule has 0 unspecified atom stereocenters. The van der Waals surface area contributed by atoms with Crippen LogP contribution in [0.3, 0.4) is 0 Å². The van der Waals surface area contributed by atoms with E-state index in [-0.39, 0.29) is 10.5 Å². The molecule has 0 N–H and O–H groups in total. The van der Waals surface area contributed by atoms with Crippen molar-refractivity contribution in [1.82, 2.24) is 9.29 Å². The number of nitriles is 1. The fourth-order valence-corrected chi connectivity index (χ4v) is 3.21. The Morgan fingerprint density at radius 2 is 2.00 bits per heavy atom. The number of nitrogens with zero attached hydrogens (tertiary/aromatic N) is 3. The predicted octanol–water partition coefficient (Wildman–Crippen LogP) is 2.99. The third kappa shape index (κ3) is 3.28. The number of benzene rings is 1. The van der Waals surface area contributed by atoms with Crippen molar-refractivity contribution in [3.05, 3.63) is 58.9 Å². The summed E-state index contributed by atoms with van der Waals surface area (Å²) in [5.41, 5.74) is 0.607. The van der Waals surface area contributed by atoms with Crippen molar-refractivity contribution in [2.24, 2.45) is 0 Å². The largest absolute Gasteiger partial charge is 0.262 e. The molecule has 0 bridgehead atoms. The van der Waals surface area contributed by atoms with Crippen LogP contribution in [-0.2, 0) is 10.0 Å². The Balaban J connectivity index is 2.46. The van der Waals surface area contributed by atoms with Crippen molar-refractivity contribution in [1.29, 1.82) is 5.26 Å². The standard InChI is InChI=1S/C15H14ClN3O2S/c1-11(13-3-5-14(16)6-4-13)19(2)22(20,21)15-7-12(8-17)9-18-10-15/h3-7,9-11H,1-2H3/t11-/m1/s1/i11D. The van der Waals surface area contributed by atoms with Crippen LogP contribution in [0.4, 0.5) is 0 Å². The van der Waals surface area contributed by atoms with Crippen molar-refractivity contribution in [2.75, 3.05) is 7.05 Å². The molecule has 1 atom stereocenters. The van der Waals surface area contributed by atoms with Crippen LogP contribution >= 0.6 is 11.6 Å². The molecule has 0 amide bonds. The van der Waals surface area contributed by atoms with E-state index in [4.69, 9.17) is 18.2 Å². The van der Waals surface area contributed by atoms with Crippen molar-refractivity contribution in [2.45, 2.75) is 17.8 Å². The van der Waals surface area contributed by atoms with E-state index in [1.165, 1.54) is 26.2 Å². The Morgan fingerprint density at radius 1 is 1.36 bits per heavy atom. The van der Waals surface area contributed by atoms with Gasteiger partial charge in [0.2, 0.25) is 10.0 Å². The summed E-state index contributed by atoms with van der Waals surface area (Å²) < 4.78 is 34.8. The minimum Gasteiger partial charge on any atom is -0.262 e. The highest BCUT2D eigenvalue weighted by Crippen LogP contribution is 2.26. The molecule has 0 aliphatic rings. The molecule has 5 nitrogen and oxygen atoms in total. The fraction of sp³-hybridized carbons (Fsp3) is 0.200. The summed E-state index contributed by atoms with van der Waals surface area (Å²) in [4.78, 5) is 3.63. The zero-order valence-electron chi connectivity index (χ0n) is 13.0. The lowest BCUT2D eigenvalue weighted by Crippen LogP contribution is -2.30. The van der Waals surface area contributed by atoms with Crippen molar-refractivity contribution in [3.63, 3.8) is 0 Å². The maximum absolute atomic E-state index is 12.7. The minimum atomic E-state index is -3.99. The van der Waals surface area contributed by atoms with E-state index < -0.39 is 16.0 Å². The van der Waals surface area contributed by atoms with Crippen LogP contribution in [0.5, 0.6) is 0 Å². The van der Waals surface area contributed by atoms with E-state index >= 15 is 0 Å². The quantitative estimate of drug-likeness (QED) is 0.860. The van der Waals surface area contributed by atoms with Crippen LogP contribution in [0.15, 0.2) is 47.6 Å². The monoisotopic (exact) mass is 336 g/mol. The molecule has 0 fully saturated rings. The maximum Gasteiger partial charge on any atom is 0.244 e. The van der Waals surface area contributed by atoms with E-state index in [0.29, 0.717) is 10.6 Å². The van der Waals surface area contributed by atoms with Gasteiger partial charge in [0, 0.05) is 30.5 Å². The fourth-order valence-electron chi connectivity index (χ4n) is 1.83. The van der Waals surface area contributed by atoms with Crippen molar-refractivity contribution >= 4 is 21.6 Å². The van der Waals surface area contributed by atoms with E-state index in [1.807, 2.05) is 6.07 Å². The summed E-state index contributed by atoms with van der Waals surface area (Å²) in [6.45, 7) is 1.47. The zero-order valence-corrected chi connectivity index (χ0v) is 13.6. The summed E-state index contributed by atoms with van der Waals surface area (Å²) in [6, 6.07) is 7.93. The number of aromatic nitrogens is 1. The lowest BCUT2D eigenvalue weighted by molar-refractivity contribution is 0.398. The molecule has 0 saturated heterocycles. The van der Waals surface area contributed by atoms with Gasteiger partial charge in [-0.1, -0.05) is 23.7 Å². The number of sulfonamides is 1. The lowest BCUT2D eigenvalue weighted by Gasteiger charge is -2.24. The van der Waals surface area contributed by atoms with Gasteiger partial charge in [0.25, 0.3) is 0 Å². The molecule has 0 aliphatic heterocycles. The first kappa shape index (κ1) is 15.0. The second-order valence-electron chi connectivity index (χ2n) is 4.59. The van der Waals surface area contributed by atoms with Crippen LogP contribution in [0.2, 0.25) is 5.02 Å². The molecule has 22 heavy (non-hydrogen) atoms. The van der Waals surface area contributed by atoms with Gasteiger partial charge < -0.3 is 0 Å². The first-order chi connectivity index (χ1) is 10.7. The van der Waals surface area contributed by atoms with E-state index in [9.17, 15) is 8.42 Å². The highest BCUT2D eigenvalue weighted by atomic mass is 35.5. The Bertz CT molecular complexity index is 861. The van der Waals surface area contributed by atoms with Gasteiger partial charge in [-0.25, -0.2) is 8.42 Å².